The molecule has 0 unspecified atom stereocenters. The maximum Gasteiger partial charge on any atom is 0.277 e. The standard InChI is InChI=1S/C20H16F2N4O3S/c21-13-5-3-6-14(22)18(13)19(28)23-10-16-24-25-20(29-16)30-11-17(27)26-9-8-12-4-1-2-7-15(12)26/h1-7H,8-11H2,(H,23,28). The van der Waals surface area contributed by atoms with Crippen LogP contribution < -0.4 is 10.2 Å². The minimum atomic E-state index is -0.962. The van der Waals surface area contributed by atoms with Crippen LogP contribution >= 0.6 is 11.8 Å². The molecule has 4 rings (SSSR count). The number of hydrogen-bond donors (Lipinski definition) is 1. The molecule has 154 valence electrons. The molecule has 30 heavy (non-hydrogen) atoms. The number of halogens is 2. The van der Waals surface area contributed by atoms with Gasteiger partial charge in [0.1, 0.15) is 17.2 Å². The molecule has 2 amide bonds. The molecule has 0 saturated heterocycles. The van der Waals surface area contributed by atoms with E-state index in [1.54, 1.807) is 4.90 Å². The van der Waals surface area contributed by atoms with Crippen LogP contribution in [-0.2, 0) is 17.8 Å². The third-order valence-electron chi connectivity index (χ3n) is 4.55. The van der Waals surface area contributed by atoms with E-state index >= 15 is 0 Å². The van der Waals surface area contributed by atoms with Crippen LogP contribution in [0.15, 0.2) is 52.1 Å². The van der Waals surface area contributed by atoms with Crippen LogP contribution in [0.4, 0.5) is 14.5 Å². The van der Waals surface area contributed by atoms with Gasteiger partial charge in [0, 0.05) is 12.2 Å². The molecule has 2 aromatic carbocycles. The van der Waals surface area contributed by atoms with Crippen molar-refractivity contribution in [1.29, 1.82) is 0 Å². The molecule has 1 aliphatic rings. The number of amides is 2. The molecule has 0 aliphatic carbocycles. The maximum atomic E-state index is 13.6. The summed E-state index contributed by atoms with van der Waals surface area (Å²) in [7, 11) is 0. The first-order valence-corrected chi connectivity index (χ1v) is 10.1. The highest BCUT2D eigenvalue weighted by Crippen LogP contribution is 2.28. The summed E-state index contributed by atoms with van der Waals surface area (Å²) < 4.78 is 32.7. The number of fused-ring (bicyclic) bond motifs is 1. The van der Waals surface area contributed by atoms with Gasteiger partial charge < -0.3 is 14.6 Å². The smallest absolute Gasteiger partial charge is 0.277 e. The average molecular weight is 430 g/mol. The van der Waals surface area contributed by atoms with Gasteiger partial charge in [-0.05, 0) is 30.2 Å². The van der Waals surface area contributed by atoms with E-state index in [2.05, 4.69) is 15.5 Å². The van der Waals surface area contributed by atoms with Crippen LogP contribution in [0.3, 0.4) is 0 Å². The normalized spacial score (nSPS) is 12.7. The Labute approximate surface area is 174 Å². The van der Waals surface area contributed by atoms with E-state index in [1.807, 2.05) is 24.3 Å². The van der Waals surface area contributed by atoms with Crippen LogP contribution in [-0.4, -0.2) is 34.3 Å². The van der Waals surface area contributed by atoms with Crippen LogP contribution in [0.25, 0.3) is 0 Å². The lowest BCUT2D eigenvalue weighted by atomic mass is 10.2. The van der Waals surface area contributed by atoms with Crippen molar-refractivity contribution in [1.82, 2.24) is 15.5 Å². The SMILES string of the molecule is O=C(NCc1nnc(SCC(=O)N2CCc3ccccc32)o1)c1c(F)cccc1F. The lowest BCUT2D eigenvalue weighted by Crippen LogP contribution is -2.30. The van der Waals surface area contributed by atoms with Gasteiger partial charge in [0.2, 0.25) is 11.8 Å². The second-order valence-corrected chi connectivity index (χ2v) is 7.38. The Morgan fingerprint density at radius 3 is 2.67 bits per heavy atom. The Morgan fingerprint density at radius 2 is 1.87 bits per heavy atom. The fourth-order valence-corrected chi connectivity index (χ4v) is 3.78. The second kappa shape index (κ2) is 8.62. The molecule has 0 atom stereocenters. The maximum absolute atomic E-state index is 13.6. The van der Waals surface area contributed by atoms with E-state index in [0.717, 1.165) is 41.6 Å². The summed E-state index contributed by atoms with van der Waals surface area (Å²) in [6, 6.07) is 10.9. The van der Waals surface area contributed by atoms with Crippen LogP contribution in [0.1, 0.15) is 21.8 Å². The van der Waals surface area contributed by atoms with Gasteiger partial charge in [-0.2, -0.15) is 0 Å². The number of thioether (sulfide) groups is 1. The molecule has 0 radical (unpaired) electrons. The number of hydrogen-bond acceptors (Lipinski definition) is 6. The third-order valence-corrected chi connectivity index (χ3v) is 5.35. The highest BCUT2D eigenvalue weighted by molar-refractivity contribution is 7.99. The zero-order valence-corrected chi connectivity index (χ0v) is 16.4. The van der Waals surface area contributed by atoms with Crippen molar-refractivity contribution < 1.29 is 22.8 Å². The third kappa shape index (κ3) is 4.18. The largest absolute Gasteiger partial charge is 0.414 e. The number of carbonyl (C=O) groups excluding carboxylic acids is 2. The number of carbonyl (C=O) groups is 2. The molecule has 1 aromatic heterocycles. The molecular weight excluding hydrogens is 414 g/mol. The Balaban J connectivity index is 1.31. The van der Waals surface area contributed by atoms with Crippen molar-refractivity contribution in [2.45, 2.75) is 18.2 Å². The van der Waals surface area contributed by atoms with E-state index in [-0.39, 0.29) is 29.3 Å². The second-order valence-electron chi connectivity index (χ2n) is 6.45. The molecule has 0 bridgehead atoms. The average Bonchev–Trinajstić information content (AvgIpc) is 3.37. The molecule has 7 nitrogen and oxygen atoms in total. The highest BCUT2D eigenvalue weighted by atomic mass is 32.2. The topological polar surface area (TPSA) is 88.3 Å². The minimum Gasteiger partial charge on any atom is -0.414 e. The number of nitrogens with zero attached hydrogens (tertiary/aromatic N) is 3. The van der Waals surface area contributed by atoms with E-state index in [4.69, 9.17) is 4.42 Å². The Kier molecular flexibility index (Phi) is 5.75. The number of aromatic nitrogens is 2. The predicted octanol–water partition coefficient (Wildman–Crippen LogP) is 2.96. The first-order chi connectivity index (χ1) is 14.5. The molecule has 1 aliphatic heterocycles. The lowest BCUT2D eigenvalue weighted by molar-refractivity contribution is -0.116. The van der Waals surface area contributed by atoms with E-state index in [9.17, 15) is 18.4 Å². The monoisotopic (exact) mass is 430 g/mol. The van der Waals surface area contributed by atoms with Gasteiger partial charge in [-0.15, -0.1) is 10.2 Å². The van der Waals surface area contributed by atoms with E-state index < -0.39 is 23.1 Å². The van der Waals surface area contributed by atoms with Crippen LogP contribution in [0.2, 0.25) is 0 Å². The number of para-hydroxylation sites is 1. The summed E-state index contributed by atoms with van der Waals surface area (Å²) in [5, 5.41) is 10.1. The molecule has 0 spiro atoms. The first-order valence-electron chi connectivity index (χ1n) is 9.08. The van der Waals surface area contributed by atoms with Crippen molar-refractivity contribution >= 4 is 29.3 Å². The number of benzene rings is 2. The molecule has 10 heteroatoms. The van der Waals surface area contributed by atoms with Crippen molar-refractivity contribution in [2.75, 3.05) is 17.2 Å². The van der Waals surface area contributed by atoms with Gasteiger partial charge >= 0.3 is 0 Å². The molecule has 0 saturated carbocycles. The Hall–Kier alpha value is -3.27. The predicted molar refractivity (Wildman–Crippen MR) is 105 cm³/mol. The molecule has 2 heterocycles. The van der Waals surface area contributed by atoms with E-state index in [0.29, 0.717) is 6.54 Å². The van der Waals surface area contributed by atoms with Crippen molar-refractivity contribution in [3.63, 3.8) is 0 Å². The molecule has 1 N–H and O–H groups in total. The highest BCUT2D eigenvalue weighted by Gasteiger charge is 2.24. The summed E-state index contributed by atoms with van der Waals surface area (Å²) >= 11 is 1.08. The van der Waals surface area contributed by atoms with Gasteiger partial charge in [-0.25, -0.2) is 8.78 Å². The molecular formula is C20H16F2N4O3S. The van der Waals surface area contributed by atoms with Crippen molar-refractivity contribution in [3.8, 4) is 0 Å². The summed E-state index contributed by atoms with van der Waals surface area (Å²) in [4.78, 5) is 26.2. The number of anilines is 1. The quantitative estimate of drug-likeness (QED) is 0.605. The molecule has 3 aromatic rings. The number of nitrogens with one attached hydrogen (secondary N) is 1. The number of rotatable bonds is 6. The summed E-state index contributed by atoms with van der Waals surface area (Å²) in [5.74, 6) is -2.76. The first kappa shape index (κ1) is 20.0. The Morgan fingerprint density at radius 1 is 1.10 bits per heavy atom. The summed E-state index contributed by atoms with van der Waals surface area (Å²) in [6.45, 7) is 0.431. The van der Waals surface area contributed by atoms with E-state index in [1.165, 1.54) is 6.07 Å². The summed E-state index contributed by atoms with van der Waals surface area (Å²) in [6.07, 6.45) is 0.819. The van der Waals surface area contributed by atoms with Crippen molar-refractivity contribution in [3.05, 3.63) is 71.1 Å². The minimum absolute atomic E-state index is 0.0570. The van der Waals surface area contributed by atoms with Gasteiger partial charge in [0.25, 0.3) is 11.1 Å². The van der Waals surface area contributed by atoms with Crippen LogP contribution in [0.5, 0.6) is 0 Å². The fourth-order valence-electron chi connectivity index (χ4n) is 3.13. The van der Waals surface area contributed by atoms with Gasteiger partial charge in [0.15, 0.2) is 0 Å². The summed E-state index contributed by atoms with van der Waals surface area (Å²) in [5.41, 5.74) is 1.37. The van der Waals surface area contributed by atoms with Gasteiger partial charge in [0.05, 0.1) is 12.3 Å². The fraction of sp³-hybridized carbons (Fsp3) is 0.200. The zero-order chi connectivity index (χ0) is 21.1. The Bertz CT molecular complexity index is 1080. The van der Waals surface area contributed by atoms with Gasteiger partial charge in [-0.1, -0.05) is 36.0 Å². The zero-order valence-electron chi connectivity index (χ0n) is 15.6. The lowest BCUT2D eigenvalue weighted by Gasteiger charge is -2.16. The van der Waals surface area contributed by atoms with Gasteiger partial charge in [-0.3, -0.25) is 9.59 Å². The van der Waals surface area contributed by atoms with Crippen molar-refractivity contribution in [2.24, 2.45) is 0 Å². The molecule has 0 fully saturated rings. The van der Waals surface area contributed by atoms with Crippen LogP contribution in [0, 0.1) is 11.6 Å².